The summed E-state index contributed by atoms with van der Waals surface area (Å²) in [4.78, 5) is 6.67. The maximum absolute atomic E-state index is 6.04. The predicted octanol–water partition coefficient (Wildman–Crippen LogP) is 3.30. The van der Waals surface area contributed by atoms with E-state index in [1.54, 1.807) is 0 Å². The number of hydrogen-bond acceptors (Lipinski definition) is 3. The van der Waals surface area contributed by atoms with Gasteiger partial charge in [-0.05, 0) is 59.0 Å². The fraction of sp³-hybridized carbons (Fsp3) is 0.643. The number of fused-ring (bicyclic) bond motifs is 2. The molecular weight excluding hydrogens is 290 g/mol. The summed E-state index contributed by atoms with van der Waals surface area (Å²) in [5.74, 6) is 3.72. The van der Waals surface area contributed by atoms with Gasteiger partial charge >= 0.3 is 0 Å². The largest absolute Gasteiger partial charge is 0.396 e. The van der Waals surface area contributed by atoms with Gasteiger partial charge in [-0.2, -0.15) is 0 Å². The van der Waals surface area contributed by atoms with Crippen LogP contribution in [-0.2, 0) is 0 Å². The van der Waals surface area contributed by atoms with Crippen molar-refractivity contribution < 1.29 is 0 Å². The predicted molar refractivity (Wildman–Crippen MR) is 78.6 cm³/mol. The van der Waals surface area contributed by atoms with Crippen LogP contribution in [-0.4, -0.2) is 18.6 Å². The lowest BCUT2D eigenvalue weighted by atomic mass is 9.88. The van der Waals surface area contributed by atoms with Crippen LogP contribution in [0.25, 0.3) is 0 Å². The van der Waals surface area contributed by atoms with E-state index in [1.807, 2.05) is 12.3 Å². The molecule has 0 saturated heterocycles. The molecule has 0 radical (unpaired) electrons. The zero-order valence-electron chi connectivity index (χ0n) is 10.8. The van der Waals surface area contributed by atoms with Crippen molar-refractivity contribution in [1.29, 1.82) is 0 Å². The van der Waals surface area contributed by atoms with Gasteiger partial charge in [0.05, 0.1) is 5.69 Å². The molecule has 3 nitrogen and oxygen atoms in total. The van der Waals surface area contributed by atoms with Gasteiger partial charge in [-0.25, -0.2) is 4.98 Å². The maximum Gasteiger partial charge on any atom is 0.151 e. The minimum atomic E-state index is 0.759. The highest BCUT2D eigenvalue weighted by molar-refractivity contribution is 9.10. The lowest BCUT2D eigenvalue weighted by Gasteiger charge is -2.28. The minimum absolute atomic E-state index is 0.759. The SMILES string of the molecule is CN(CC1CC2CCC1C2)c1ncc(Br)cc1N. The Morgan fingerprint density at radius 3 is 2.89 bits per heavy atom. The maximum atomic E-state index is 6.04. The fourth-order valence-electron chi connectivity index (χ4n) is 3.80. The molecular formula is C14H20BrN3. The Labute approximate surface area is 117 Å². The highest BCUT2D eigenvalue weighted by atomic mass is 79.9. The first-order chi connectivity index (χ1) is 8.63. The number of halogens is 1. The van der Waals surface area contributed by atoms with Crippen LogP contribution >= 0.6 is 15.9 Å². The summed E-state index contributed by atoms with van der Waals surface area (Å²) in [7, 11) is 2.11. The Morgan fingerprint density at radius 1 is 1.44 bits per heavy atom. The average Bonchev–Trinajstić information content (AvgIpc) is 2.90. The molecule has 4 heteroatoms. The first-order valence-electron chi connectivity index (χ1n) is 6.75. The Kier molecular flexibility index (Phi) is 3.22. The van der Waals surface area contributed by atoms with Crippen LogP contribution in [0.4, 0.5) is 11.5 Å². The highest BCUT2D eigenvalue weighted by Crippen LogP contribution is 2.48. The third-order valence-electron chi connectivity index (χ3n) is 4.62. The lowest BCUT2D eigenvalue weighted by Crippen LogP contribution is -2.29. The van der Waals surface area contributed by atoms with Crippen molar-refractivity contribution in [1.82, 2.24) is 4.98 Å². The van der Waals surface area contributed by atoms with Crippen molar-refractivity contribution in [2.75, 3.05) is 24.2 Å². The molecule has 2 aliphatic carbocycles. The van der Waals surface area contributed by atoms with Crippen molar-refractivity contribution in [2.45, 2.75) is 25.7 Å². The molecule has 2 bridgehead atoms. The van der Waals surface area contributed by atoms with Crippen LogP contribution in [0.15, 0.2) is 16.7 Å². The minimum Gasteiger partial charge on any atom is -0.396 e. The molecule has 2 aliphatic rings. The van der Waals surface area contributed by atoms with E-state index in [2.05, 4.69) is 32.9 Å². The summed E-state index contributed by atoms with van der Waals surface area (Å²) in [6.45, 7) is 1.10. The third-order valence-corrected chi connectivity index (χ3v) is 5.05. The number of hydrogen-bond donors (Lipinski definition) is 1. The normalized spacial score (nSPS) is 29.8. The Morgan fingerprint density at radius 2 is 2.28 bits per heavy atom. The summed E-state index contributed by atoms with van der Waals surface area (Å²) in [6, 6.07) is 1.93. The summed E-state index contributed by atoms with van der Waals surface area (Å²) < 4.78 is 0.942. The molecule has 1 aromatic rings. The van der Waals surface area contributed by atoms with E-state index < -0.39 is 0 Å². The fourth-order valence-corrected chi connectivity index (χ4v) is 4.15. The van der Waals surface area contributed by atoms with Gasteiger partial charge in [0.25, 0.3) is 0 Å². The van der Waals surface area contributed by atoms with Crippen molar-refractivity contribution in [3.05, 3.63) is 16.7 Å². The zero-order valence-corrected chi connectivity index (χ0v) is 12.4. The van der Waals surface area contributed by atoms with Crippen LogP contribution in [0, 0.1) is 17.8 Å². The summed E-state index contributed by atoms with van der Waals surface area (Å²) in [6.07, 6.45) is 7.59. The van der Waals surface area contributed by atoms with Crippen molar-refractivity contribution in [3.63, 3.8) is 0 Å². The first kappa shape index (κ1) is 12.3. The molecule has 3 rings (SSSR count). The second-order valence-electron chi connectivity index (χ2n) is 5.88. The summed E-state index contributed by atoms with van der Waals surface area (Å²) in [5, 5.41) is 0. The number of nitrogens with two attached hydrogens (primary N) is 1. The second kappa shape index (κ2) is 4.72. The summed E-state index contributed by atoms with van der Waals surface area (Å²) in [5.41, 5.74) is 6.80. The van der Waals surface area contributed by atoms with E-state index in [-0.39, 0.29) is 0 Å². The molecule has 2 fully saturated rings. The van der Waals surface area contributed by atoms with Gasteiger partial charge in [-0.15, -0.1) is 0 Å². The molecule has 1 aromatic heterocycles. The van der Waals surface area contributed by atoms with Crippen LogP contribution in [0.5, 0.6) is 0 Å². The number of anilines is 2. The monoisotopic (exact) mass is 309 g/mol. The molecule has 0 spiro atoms. The standard InChI is InChI=1S/C14H20BrN3/c1-18(14-13(16)6-12(15)7-17-14)8-11-5-9-2-3-10(11)4-9/h6-7,9-11H,2-5,8,16H2,1H3. The van der Waals surface area contributed by atoms with Crippen LogP contribution in [0.1, 0.15) is 25.7 Å². The molecule has 18 heavy (non-hydrogen) atoms. The molecule has 0 aliphatic heterocycles. The third kappa shape index (κ3) is 2.22. The highest BCUT2D eigenvalue weighted by Gasteiger charge is 2.39. The van der Waals surface area contributed by atoms with Gasteiger partial charge in [0.2, 0.25) is 0 Å². The average molecular weight is 310 g/mol. The van der Waals surface area contributed by atoms with Gasteiger partial charge in [-0.3, -0.25) is 0 Å². The summed E-state index contributed by atoms with van der Waals surface area (Å²) >= 11 is 3.40. The van der Waals surface area contributed by atoms with Crippen molar-refractivity contribution in [2.24, 2.45) is 17.8 Å². The quantitative estimate of drug-likeness (QED) is 0.931. The van der Waals surface area contributed by atoms with Crippen molar-refractivity contribution in [3.8, 4) is 0 Å². The topological polar surface area (TPSA) is 42.2 Å². The molecule has 3 unspecified atom stereocenters. The van der Waals surface area contributed by atoms with Gasteiger partial charge < -0.3 is 10.6 Å². The molecule has 2 saturated carbocycles. The zero-order chi connectivity index (χ0) is 12.7. The lowest BCUT2D eigenvalue weighted by molar-refractivity contribution is 0.337. The van der Waals surface area contributed by atoms with E-state index in [9.17, 15) is 0 Å². The number of aromatic nitrogens is 1. The molecule has 0 aromatic carbocycles. The van der Waals surface area contributed by atoms with E-state index in [4.69, 9.17) is 5.73 Å². The number of pyridine rings is 1. The Balaban J connectivity index is 1.69. The van der Waals surface area contributed by atoms with E-state index in [0.29, 0.717) is 0 Å². The smallest absolute Gasteiger partial charge is 0.151 e. The molecule has 2 N–H and O–H groups in total. The Hall–Kier alpha value is -0.770. The molecule has 98 valence electrons. The van der Waals surface area contributed by atoms with E-state index in [0.717, 1.165) is 40.3 Å². The van der Waals surface area contributed by atoms with Crippen LogP contribution in [0.2, 0.25) is 0 Å². The van der Waals surface area contributed by atoms with Gasteiger partial charge in [0.15, 0.2) is 5.82 Å². The molecule has 0 amide bonds. The number of nitrogens with zero attached hydrogens (tertiary/aromatic N) is 2. The van der Waals surface area contributed by atoms with E-state index in [1.165, 1.54) is 25.7 Å². The van der Waals surface area contributed by atoms with Gasteiger partial charge in [0.1, 0.15) is 0 Å². The molecule has 1 heterocycles. The Bertz CT molecular complexity index is 449. The number of rotatable bonds is 3. The van der Waals surface area contributed by atoms with E-state index >= 15 is 0 Å². The van der Waals surface area contributed by atoms with Crippen LogP contribution < -0.4 is 10.6 Å². The first-order valence-corrected chi connectivity index (χ1v) is 7.55. The number of nitrogen functional groups attached to an aromatic ring is 1. The second-order valence-corrected chi connectivity index (χ2v) is 6.80. The van der Waals surface area contributed by atoms with Crippen LogP contribution in [0.3, 0.4) is 0 Å². The molecule has 3 atom stereocenters. The van der Waals surface area contributed by atoms with Gasteiger partial charge in [0, 0.05) is 24.3 Å². The van der Waals surface area contributed by atoms with Crippen molar-refractivity contribution >= 4 is 27.4 Å². The van der Waals surface area contributed by atoms with Gasteiger partial charge in [-0.1, -0.05) is 6.42 Å².